The van der Waals surface area contributed by atoms with Gasteiger partial charge in [0.2, 0.25) is 0 Å². The van der Waals surface area contributed by atoms with Crippen molar-refractivity contribution in [1.29, 1.82) is 0 Å². The first kappa shape index (κ1) is 30.0. The Hall–Kier alpha value is -0.0100. The minimum absolute atomic E-state index is 0.0267. The van der Waals surface area contributed by atoms with Crippen LogP contribution < -0.4 is 5.73 Å². The van der Waals surface area contributed by atoms with Crippen molar-refractivity contribution in [2.45, 2.75) is 103 Å². The number of ether oxygens (including phenoxy) is 2. The largest absolute Gasteiger partial charge is 0.472 e. The fourth-order valence-corrected chi connectivity index (χ4v) is 3.95. The molecule has 0 saturated carbocycles. The Morgan fingerprint density at radius 3 is 1.73 bits per heavy atom. The Morgan fingerprint density at radius 1 is 0.767 bits per heavy atom. The Labute approximate surface area is 185 Å². The average Bonchev–Trinajstić information content (AvgIpc) is 2.74. The summed E-state index contributed by atoms with van der Waals surface area (Å²) in [4.78, 5) is 9.46. The number of hydrogen-bond acceptors (Lipinski definition) is 6. The summed E-state index contributed by atoms with van der Waals surface area (Å²) >= 11 is 0. The second kappa shape index (κ2) is 22.2. The molecule has 0 fully saturated rings. The molecule has 1 unspecified atom stereocenters. The van der Waals surface area contributed by atoms with Crippen molar-refractivity contribution in [1.82, 2.24) is 0 Å². The third-order valence-corrected chi connectivity index (χ3v) is 6.06. The minimum Gasteiger partial charge on any atom is -0.379 e. The Bertz CT molecular complexity index is 400. The van der Waals surface area contributed by atoms with Gasteiger partial charge in [0.05, 0.1) is 19.8 Å². The second-order valence-corrected chi connectivity index (χ2v) is 9.37. The summed E-state index contributed by atoms with van der Waals surface area (Å²) in [7, 11) is -2.55. The van der Waals surface area contributed by atoms with Crippen LogP contribution in [-0.2, 0) is 23.1 Å². The van der Waals surface area contributed by atoms with Gasteiger partial charge in [-0.05, 0) is 6.42 Å². The number of unbranched alkanes of at least 4 members (excludes halogenated alkanes) is 13. The molecule has 7 nitrogen and oxygen atoms in total. The van der Waals surface area contributed by atoms with E-state index in [9.17, 15) is 9.46 Å². The summed E-state index contributed by atoms with van der Waals surface area (Å²) in [6, 6.07) is 0. The maximum atomic E-state index is 11.6. The van der Waals surface area contributed by atoms with Crippen molar-refractivity contribution in [3.05, 3.63) is 0 Å². The van der Waals surface area contributed by atoms with Gasteiger partial charge < -0.3 is 20.1 Å². The van der Waals surface area contributed by atoms with Crippen LogP contribution in [-0.4, -0.2) is 51.1 Å². The first-order valence-electron chi connectivity index (χ1n) is 12.0. The van der Waals surface area contributed by atoms with Crippen LogP contribution in [0.2, 0.25) is 0 Å². The van der Waals surface area contributed by atoms with E-state index in [1.54, 1.807) is 0 Å². The molecule has 0 aliphatic carbocycles. The molecule has 0 aromatic rings. The monoisotopic (exact) mass is 453 g/mol. The molecule has 2 atom stereocenters. The topological polar surface area (TPSA) is 100 Å². The summed E-state index contributed by atoms with van der Waals surface area (Å²) in [6.07, 6.45) is 18.2. The number of hydrogen-bond donors (Lipinski definition) is 2. The number of rotatable bonds is 24. The van der Waals surface area contributed by atoms with E-state index in [4.69, 9.17) is 19.7 Å². The van der Waals surface area contributed by atoms with E-state index >= 15 is 0 Å². The zero-order chi connectivity index (χ0) is 22.3. The number of methoxy groups -OCH3 is 1. The molecule has 0 heterocycles. The van der Waals surface area contributed by atoms with Crippen LogP contribution in [0.15, 0.2) is 0 Å². The number of phosphoric ester groups is 1. The Balaban J connectivity index is 3.40. The summed E-state index contributed by atoms with van der Waals surface area (Å²) in [5.41, 5.74) is 5.23. The van der Waals surface area contributed by atoms with Crippen LogP contribution in [0.1, 0.15) is 96.8 Å². The number of phosphoric acid groups is 1. The normalized spacial score (nSPS) is 14.7. The van der Waals surface area contributed by atoms with Gasteiger partial charge in [0.1, 0.15) is 6.10 Å². The predicted molar refractivity (Wildman–Crippen MR) is 123 cm³/mol. The van der Waals surface area contributed by atoms with Gasteiger partial charge in [-0.25, -0.2) is 4.57 Å². The highest BCUT2D eigenvalue weighted by atomic mass is 31.2. The van der Waals surface area contributed by atoms with Crippen LogP contribution in [0.5, 0.6) is 0 Å². The van der Waals surface area contributed by atoms with Crippen molar-refractivity contribution in [2.75, 3.05) is 40.1 Å². The second-order valence-electron chi connectivity index (χ2n) is 7.92. The minimum atomic E-state index is -4.07. The predicted octanol–water partition coefficient (Wildman–Crippen LogP) is 5.59. The first-order valence-corrected chi connectivity index (χ1v) is 13.5. The van der Waals surface area contributed by atoms with Crippen molar-refractivity contribution in [3.63, 3.8) is 0 Å². The molecule has 0 spiro atoms. The molecule has 3 N–H and O–H groups in total. The molecule has 0 amide bonds. The van der Waals surface area contributed by atoms with Crippen molar-refractivity contribution in [3.8, 4) is 0 Å². The van der Waals surface area contributed by atoms with E-state index in [2.05, 4.69) is 11.4 Å². The zero-order valence-corrected chi connectivity index (χ0v) is 20.4. The lowest BCUT2D eigenvalue weighted by Gasteiger charge is -2.18. The molecule has 8 heteroatoms. The molecule has 0 aliphatic rings. The molecule has 182 valence electrons. The van der Waals surface area contributed by atoms with Gasteiger partial charge in [-0.3, -0.25) is 9.05 Å². The standard InChI is InChI=1S/C22H48NO6P/c1-3-4-5-6-7-8-9-10-11-12-13-14-15-16-18-27-20-22(26-2)21-29-30(24,25)28-19-17-23/h22H,3-21,23H2,1-2H3,(H,24,25)/t22-/m0/s1. The lowest BCUT2D eigenvalue weighted by Crippen LogP contribution is -2.24. The highest BCUT2D eigenvalue weighted by Gasteiger charge is 2.23. The van der Waals surface area contributed by atoms with Crippen molar-refractivity contribution in [2.24, 2.45) is 5.73 Å². The molecule has 30 heavy (non-hydrogen) atoms. The van der Waals surface area contributed by atoms with Crippen LogP contribution >= 0.6 is 7.82 Å². The van der Waals surface area contributed by atoms with Gasteiger partial charge in [0.25, 0.3) is 0 Å². The van der Waals surface area contributed by atoms with E-state index < -0.39 is 13.9 Å². The summed E-state index contributed by atoms with van der Waals surface area (Å²) in [5.74, 6) is 0. The molecule has 0 bridgehead atoms. The summed E-state index contributed by atoms with van der Waals surface area (Å²) in [6.45, 7) is 3.32. The summed E-state index contributed by atoms with van der Waals surface area (Å²) in [5, 5.41) is 0. The SMILES string of the molecule is CCCCCCCCCCCCCCCCOC[C@@H](COP(=O)(O)OCCN)OC. The van der Waals surface area contributed by atoms with Crippen LogP contribution in [0, 0.1) is 0 Å². The van der Waals surface area contributed by atoms with Gasteiger partial charge >= 0.3 is 7.82 Å². The molecular formula is C22H48NO6P. The van der Waals surface area contributed by atoms with Crippen molar-refractivity contribution >= 4 is 7.82 Å². The maximum Gasteiger partial charge on any atom is 0.472 e. The number of nitrogens with two attached hydrogens (primary N) is 1. The van der Waals surface area contributed by atoms with E-state index in [0.29, 0.717) is 13.2 Å². The van der Waals surface area contributed by atoms with E-state index in [-0.39, 0.29) is 19.8 Å². The smallest absolute Gasteiger partial charge is 0.379 e. The average molecular weight is 454 g/mol. The Kier molecular flexibility index (Phi) is 22.2. The molecule has 0 aliphatic heterocycles. The third kappa shape index (κ3) is 21.2. The first-order chi connectivity index (χ1) is 14.6. The highest BCUT2D eigenvalue weighted by Crippen LogP contribution is 2.42. The molecule has 0 aromatic heterocycles. The molecule has 0 saturated heterocycles. The molecular weight excluding hydrogens is 405 g/mol. The van der Waals surface area contributed by atoms with Gasteiger partial charge in [-0.1, -0.05) is 90.4 Å². The van der Waals surface area contributed by atoms with Crippen molar-refractivity contribution < 1.29 is 28.0 Å². The fraction of sp³-hybridized carbons (Fsp3) is 1.00. The third-order valence-electron chi connectivity index (χ3n) is 5.08. The van der Waals surface area contributed by atoms with E-state index in [0.717, 1.165) is 6.42 Å². The van der Waals surface area contributed by atoms with Gasteiger partial charge in [0, 0.05) is 20.3 Å². The zero-order valence-electron chi connectivity index (χ0n) is 19.5. The summed E-state index contributed by atoms with van der Waals surface area (Å²) < 4.78 is 32.0. The molecule has 0 aromatic carbocycles. The van der Waals surface area contributed by atoms with Crippen LogP contribution in [0.3, 0.4) is 0 Å². The van der Waals surface area contributed by atoms with Gasteiger partial charge in [0.15, 0.2) is 0 Å². The maximum absolute atomic E-state index is 11.6. The van der Waals surface area contributed by atoms with E-state index in [1.165, 1.54) is 90.6 Å². The Morgan fingerprint density at radius 2 is 1.27 bits per heavy atom. The highest BCUT2D eigenvalue weighted by molar-refractivity contribution is 7.47. The fourth-order valence-electron chi connectivity index (χ4n) is 3.18. The lowest BCUT2D eigenvalue weighted by molar-refractivity contribution is -0.0219. The quantitative estimate of drug-likeness (QED) is 0.145. The van der Waals surface area contributed by atoms with Gasteiger partial charge in [-0.15, -0.1) is 0 Å². The van der Waals surface area contributed by atoms with Crippen LogP contribution in [0.25, 0.3) is 0 Å². The molecule has 0 radical (unpaired) electrons. The lowest BCUT2D eigenvalue weighted by atomic mass is 10.0. The van der Waals surface area contributed by atoms with Crippen LogP contribution in [0.4, 0.5) is 0 Å². The molecule has 0 rings (SSSR count). The van der Waals surface area contributed by atoms with E-state index in [1.807, 2.05) is 0 Å². The van der Waals surface area contributed by atoms with Gasteiger partial charge in [-0.2, -0.15) is 0 Å².